The summed E-state index contributed by atoms with van der Waals surface area (Å²) < 4.78 is 10.8. The van der Waals surface area contributed by atoms with Crippen molar-refractivity contribution in [3.63, 3.8) is 0 Å². The largest absolute Gasteiger partial charge is 0.492 e. The molecule has 0 amide bonds. The lowest BCUT2D eigenvalue weighted by molar-refractivity contribution is -0.121. The van der Waals surface area contributed by atoms with Gasteiger partial charge in [-0.25, -0.2) is 0 Å². The van der Waals surface area contributed by atoms with Gasteiger partial charge in [0.1, 0.15) is 24.7 Å². The Morgan fingerprint density at radius 3 is 1.35 bits per heavy atom. The summed E-state index contributed by atoms with van der Waals surface area (Å²) in [5.41, 5.74) is 12.5. The number of hydrogen-bond donors (Lipinski definition) is 2. The first-order valence-electron chi connectivity index (χ1n) is 9.38. The average molecular weight is 467 g/mol. The summed E-state index contributed by atoms with van der Waals surface area (Å²) >= 11 is 0. The second-order valence-corrected chi connectivity index (χ2v) is 6.19. The van der Waals surface area contributed by atoms with Gasteiger partial charge in [0.15, 0.2) is 11.6 Å². The van der Waals surface area contributed by atoms with E-state index >= 15 is 0 Å². The maximum atomic E-state index is 12.0. The van der Waals surface area contributed by atoms with Crippen molar-refractivity contribution in [2.24, 2.45) is 11.5 Å². The minimum Gasteiger partial charge on any atom is -0.492 e. The lowest BCUT2D eigenvalue weighted by Crippen LogP contribution is -2.10. The Balaban J connectivity index is 0.00000450. The standard InChI is InChI=1S/C23H26N2O4.2ClH/c24-13-15-28-22-9-3-18(4-10-22)1-7-20(26)17-21(27)8-2-19-5-11-23(12-6-19)29-16-14-25;;/h1-12H,13-17,24-25H2;2*1H/b7-1+,8-2+;;. The van der Waals surface area contributed by atoms with Gasteiger partial charge in [0.25, 0.3) is 0 Å². The SMILES string of the molecule is Cl.Cl.NCCOc1ccc(/C=C/C(=O)CC(=O)/C=C/c2ccc(OCCN)cc2)cc1. The van der Waals surface area contributed by atoms with E-state index in [1.807, 2.05) is 24.3 Å². The van der Waals surface area contributed by atoms with Crippen LogP contribution in [0.1, 0.15) is 17.5 Å². The van der Waals surface area contributed by atoms with Gasteiger partial charge >= 0.3 is 0 Å². The van der Waals surface area contributed by atoms with E-state index in [1.165, 1.54) is 12.2 Å². The molecule has 2 aromatic rings. The molecule has 0 radical (unpaired) electrons. The maximum Gasteiger partial charge on any atom is 0.163 e. The van der Waals surface area contributed by atoms with Gasteiger partial charge < -0.3 is 20.9 Å². The number of halogens is 2. The summed E-state index contributed by atoms with van der Waals surface area (Å²) in [6.45, 7) is 1.81. The molecule has 0 aliphatic rings. The Kier molecular flexibility index (Phi) is 14.7. The van der Waals surface area contributed by atoms with Crippen LogP contribution in [0.5, 0.6) is 11.5 Å². The van der Waals surface area contributed by atoms with Gasteiger partial charge in [-0.1, -0.05) is 36.4 Å². The highest BCUT2D eigenvalue weighted by Crippen LogP contribution is 2.14. The third-order valence-corrected chi connectivity index (χ3v) is 3.81. The van der Waals surface area contributed by atoms with Crippen molar-refractivity contribution in [1.29, 1.82) is 0 Å². The predicted octanol–water partition coefficient (Wildman–Crippen LogP) is 3.46. The van der Waals surface area contributed by atoms with Gasteiger partial charge in [-0.05, 0) is 47.5 Å². The zero-order valence-corrected chi connectivity index (χ0v) is 18.7. The molecule has 6 nitrogen and oxygen atoms in total. The number of allylic oxidation sites excluding steroid dienone is 2. The molecule has 0 saturated heterocycles. The second-order valence-electron chi connectivity index (χ2n) is 6.19. The molecule has 31 heavy (non-hydrogen) atoms. The molecular formula is C23H28Cl2N2O4. The summed E-state index contributed by atoms with van der Waals surface area (Å²) in [7, 11) is 0. The third kappa shape index (κ3) is 11.4. The predicted molar refractivity (Wildman–Crippen MR) is 129 cm³/mol. The van der Waals surface area contributed by atoms with Crippen LogP contribution in [-0.4, -0.2) is 37.9 Å². The van der Waals surface area contributed by atoms with Gasteiger partial charge in [-0.15, -0.1) is 24.8 Å². The van der Waals surface area contributed by atoms with Crippen molar-refractivity contribution in [3.8, 4) is 11.5 Å². The van der Waals surface area contributed by atoms with Crippen LogP contribution in [0.15, 0.2) is 60.7 Å². The first-order chi connectivity index (χ1) is 14.1. The van der Waals surface area contributed by atoms with Crippen LogP contribution in [0.25, 0.3) is 12.2 Å². The number of ketones is 2. The molecular weight excluding hydrogens is 439 g/mol. The first-order valence-corrected chi connectivity index (χ1v) is 9.38. The summed E-state index contributed by atoms with van der Waals surface area (Å²) in [6.07, 6.45) is 5.98. The molecule has 0 spiro atoms. The normalized spacial score (nSPS) is 10.4. The molecule has 0 heterocycles. The van der Waals surface area contributed by atoms with Gasteiger partial charge in [0.2, 0.25) is 0 Å². The van der Waals surface area contributed by atoms with Crippen molar-refractivity contribution in [3.05, 3.63) is 71.8 Å². The highest BCUT2D eigenvalue weighted by molar-refractivity contribution is 6.10. The summed E-state index contributed by atoms with van der Waals surface area (Å²) in [4.78, 5) is 24.0. The smallest absolute Gasteiger partial charge is 0.163 e. The second kappa shape index (κ2) is 16.1. The van der Waals surface area contributed by atoms with Gasteiger partial charge in [0, 0.05) is 13.1 Å². The van der Waals surface area contributed by atoms with Crippen molar-refractivity contribution < 1.29 is 19.1 Å². The van der Waals surface area contributed by atoms with Gasteiger partial charge in [0.05, 0.1) is 6.42 Å². The van der Waals surface area contributed by atoms with E-state index in [2.05, 4.69) is 0 Å². The fraction of sp³-hybridized carbons (Fsp3) is 0.217. The lowest BCUT2D eigenvalue weighted by atomic mass is 10.1. The van der Waals surface area contributed by atoms with Crippen molar-refractivity contribution in [2.75, 3.05) is 26.3 Å². The fourth-order valence-electron chi connectivity index (χ4n) is 2.37. The Morgan fingerprint density at radius 1 is 0.677 bits per heavy atom. The van der Waals surface area contributed by atoms with E-state index in [0.29, 0.717) is 26.3 Å². The number of nitrogens with two attached hydrogens (primary N) is 2. The molecule has 0 aliphatic carbocycles. The van der Waals surface area contributed by atoms with Crippen LogP contribution in [0.4, 0.5) is 0 Å². The minimum absolute atomic E-state index is 0. The van der Waals surface area contributed by atoms with Crippen molar-refractivity contribution in [2.45, 2.75) is 6.42 Å². The third-order valence-electron chi connectivity index (χ3n) is 3.81. The molecule has 0 unspecified atom stereocenters. The minimum atomic E-state index is -0.256. The van der Waals surface area contributed by atoms with E-state index in [1.54, 1.807) is 36.4 Å². The molecule has 0 fully saturated rings. The van der Waals surface area contributed by atoms with Gasteiger partial charge in [-0.2, -0.15) is 0 Å². The Hall–Kier alpha value is -2.64. The lowest BCUT2D eigenvalue weighted by Gasteiger charge is -2.04. The zero-order valence-electron chi connectivity index (χ0n) is 17.1. The molecule has 0 saturated carbocycles. The highest BCUT2D eigenvalue weighted by Gasteiger charge is 2.04. The van der Waals surface area contributed by atoms with E-state index < -0.39 is 0 Å². The Labute approximate surface area is 195 Å². The maximum absolute atomic E-state index is 12.0. The number of hydrogen-bond acceptors (Lipinski definition) is 6. The summed E-state index contributed by atoms with van der Waals surface area (Å²) in [5, 5.41) is 0. The quantitative estimate of drug-likeness (QED) is 0.366. The molecule has 4 N–H and O–H groups in total. The van der Waals surface area contributed by atoms with Crippen molar-refractivity contribution >= 4 is 48.5 Å². The first kappa shape index (κ1) is 28.4. The molecule has 0 aromatic heterocycles. The van der Waals surface area contributed by atoms with E-state index in [0.717, 1.165) is 22.6 Å². The zero-order chi connectivity index (χ0) is 20.9. The summed E-state index contributed by atoms with van der Waals surface area (Å²) in [5.74, 6) is 0.929. The summed E-state index contributed by atoms with van der Waals surface area (Å²) in [6, 6.07) is 14.5. The van der Waals surface area contributed by atoms with Crippen LogP contribution >= 0.6 is 24.8 Å². The fourth-order valence-corrected chi connectivity index (χ4v) is 2.37. The molecule has 0 aliphatic heterocycles. The van der Waals surface area contributed by atoms with Crippen LogP contribution < -0.4 is 20.9 Å². The van der Waals surface area contributed by atoms with Crippen LogP contribution in [-0.2, 0) is 9.59 Å². The molecule has 0 atom stereocenters. The molecule has 8 heteroatoms. The number of carbonyl (C=O) groups is 2. The molecule has 2 rings (SSSR count). The Bertz CT molecular complexity index is 779. The van der Waals surface area contributed by atoms with E-state index in [4.69, 9.17) is 20.9 Å². The number of benzene rings is 2. The average Bonchev–Trinajstić information content (AvgIpc) is 2.74. The van der Waals surface area contributed by atoms with Gasteiger partial charge in [-0.3, -0.25) is 9.59 Å². The Morgan fingerprint density at radius 2 is 1.03 bits per heavy atom. The molecule has 168 valence electrons. The number of ether oxygens (including phenoxy) is 2. The van der Waals surface area contributed by atoms with Crippen LogP contribution in [0.2, 0.25) is 0 Å². The van der Waals surface area contributed by atoms with Crippen LogP contribution in [0, 0.1) is 0 Å². The van der Waals surface area contributed by atoms with Crippen LogP contribution in [0.3, 0.4) is 0 Å². The number of rotatable bonds is 12. The van der Waals surface area contributed by atoms with E-state index in [-0.39, 0.29) is 42.8 Å². The number of carbonyl (C=O) groups excluding carboxylic acids is 2. The highest BCUT2D eigenvalue weighted by atomic mass is 35.5. The van der Waals surface area contributed by atoms with E-state index in [9.17, 15) is 9.59 Å². The molecule has 2 aromatic carbocycles. The molecule has 0 bridgehead atoms. The topological polar surface area (TPSA) is 105 Å². The monoisotopic (exact) mass is 466 g/mol. The van der Waals surface area contributed by atoms with Crippen molar-refractivity contribution in [1.82, 2.24) is 0 Å².